The van der Waals surface area contributed by atoms with Crippen molar-refractivity contribution in [2.24, 2.45) is 11.8 Å². The molecule has 71 valence electrons. The summed E-state index contributed by atoms with van der Waals surface area (Å²) in [7, 11) is 0. The third-order valence-corrected chi connectivity index (χ3v) is 3.38. The van der Waals surface area contributed by atoms with E-state index < -0.39 is 11.6 Å². The molecule has 1 N–H and O–H groups in total. The number of ether oxygens (including phenoxy) is 1. The van der Waals surface area contributed by atoms with E-state index in [2.05, 4.69) is 4.74 Å². The first-order valence-corrected chi connectivity index (χ1v) is 4.47. The van der Waals surface area contributed by atoms with E-state index in [4.69, 9.17) is 5.11 Å². The fraction of sp³-hybridized carbons (Fsp3) is 0.778. The molecule has 2 aliphatic carbocycles. The molecule has 3 unspecified atom stereocenters. The van der Waals surface area contributed by atoms with Gasteiger partial charge in [-0.2, -0.15) is 0 Å². The summed E-state index contributed by atoms with van der Waals surface area (Å²) in [6, 6.07) is 0. The highest BCUT2D eigenvalue weighted by Gasteiger charge is 2.58. The van der Waals surface area contributed by atoms with Gasteiger partial charge in [0.25, 0.3) is 0 Å². The summed E-state index contributed by atoms with van der Waals surface area (Å²) < 4.78 is 4.68. The summed E-state index contributed by atoms with van der Waals surface area (Å²) in [4.78, 5) is 21.1. The van der Waals surface area contributed by atoms with Crippen LogP contribution in [-0.4, -0.2) is 23.1 Å². The minimum absolute atomic E-state index is 0.0106. The molecule has 2 saturated carbocycles. The Kier molecular flexibility index (Phi) is 1.78. The van der Waals surface area contributed by atoms with Gasteiger partial charge < -0.3 is 9.84 Å². The second-order valence-electron chi connectivity index (χ2n) is 3.96. The van der Waals surface area contributed by atoms with E-state index >= 15 is 0 Å². The molecule has 4 heteroatoms. The van der Waals surface area contributed by atoms with Gasteiger partial charge in [0.2, 0.25) is 5.60 Å². The summed E-state index contributed by atoms with van der Waals surface area (Å²) in [6.07, 6.45) is 3.29. The van der Waals surface area contributed by atoms with Gasteiger partial charge in [-0.05, 0) is 25.2 Å². The first kappa shape index (κ1) is 8.53. The maximum atomic E-state index is 11.0. The third-order valence-electron chi connectivity index (χ3n) is 3.38. The molecule has 0 saturated heterocycles. The summed E-state index contributed by atoms with van der Waals surface area (Å²) in [5.74, 6) is -0.575. The number of carboxylic acid groups (broad SMARTS) is 1. The third kappa shape index (κ3) is 1.04. The van der Waals surface area contributed by atoms with Crippen LogP contribution in [0.2, 0.25) is 0 Å². The van der Waals surface area contributed by atoms with Crippen molar-refractivity contribution in [2.45, 2.75) is 31.3 Å². The van der Waals surface area contributed by atoms with Crippen LogP contribution in [0.25, 0.3) is 0 Å². The lowest BCUT2D eigenvalue weighted by molar-refractivity contribution is -0.162. The summed E-state index contributed by atoms with van der Waals surface area (Å²) >= 11 is 0. The molecule has 0 aromatic heterocycles. The van der Waals surface area contributed by atoms with Gasteiger partial charge in [0.05, 0.1) is 0 Å². The summed E-state index contributed by atoms with van der Waals surface area (Å²) in [5, 5.41) is 9.01. The van der Waals surface area contributed by atoms with Crippen molar-refractivity contribution < 1.29 is 19.4 Å². The molecule has 0 aromatic rings. The predicted molar refractivity (Wildman–Crippen MR) is 42.6 cm³/mol. The van der Waals surface area contributed by atoms with E-state index in [-0.39, 0.29) is 5.92 Å². The van der Waals surface area contributed by atoms with Crippen LogP contribution in [0.15, 0.2) is 0 Å². The highest BCUT2D eigenvalue weighted by atomic mass is 16.6. The summed E-state index contributed by atoms with van der Waals surface area (Å²) in [6.45, 7) is 1.29. The van der Waals surface area contributed by atoms with Gasteiger partial charge in [-0.3, -0.25) is 0 Å². The highest BCUT2D eigenvalue weighted by Crippen LogP contribution is 2.52. The van der Waals surface area contributed by atoms with Gasteiger partial charge in [-0.15, -0.1) is 0 Å². The Hall–Kier alpha value is -1.06. The van der Waals surface area contributed by atoms with Crippen molar-refractivity contribution in [1.29, 1.82) is 0 Å². The van der Waals surface area contributed by atoms with Crippen LogP contribution in [0.1, 0.15) is 25.7 Å². The monoisotopic (exact) mass is 183 g/mol. The fourth-order valence-electron chi connectivity index (χ4n) is 2.78. The van der Waals surface area contributed by atoms with E-state index in [1.54, 1.807) is 0 Å². The van der Waals surface area contributed by atoms with E-state index in [9.17, 15) is 9.59 Å². The number of rotatable bonds is 3. The fourth-order valence-corrected chi connectivity index (χ4v) is 2.78. The second-order valence-corrected chi connectivity index (χ2v) is 3.96. The Morgan fingerprint density at radius 1 is 1.54 bits per heavy atom. The van der Waals surface area contributed by atoms with Crippen LogP contribution in [-0.2, 0) is 14.3 Å². The number of hydrogen-bond acceptors (Lipinski definition) is 3. The van der Waals surface area contributed by atoms with E-state index in [0.717, 1.165) is 19.3 Å². The first-order valence-electron chi connectivity index (χ1n) is 4.47. The largest absolute Gasteiger partial charge is 0.478 e. The number of aliphatic carboxylic acids is 1. The topological polar surface area (TPSA) is 63.6 Å². The number of carbonyl (C=O) groups is 1. The maximum absolute atomic E-state index is 11.0. The zero-order chi connectivity index (χ0) is 9.47. The molecule has 2 rings (SSSR count). The van der Waals surface area contributed by atoms with Crippen molar-refractivity contribution in [2.75, 3.05) is 0 Å². The second kappa shape index (κ2) is 2.72. The molecular weight excluding hydrogens is 172 g/mol. The zero-order valence-electron chi connectivity index (χ0n) is 7.16. The van der Waals surface area contributed by atoms with Crippen LogP contribution in [0, 0.1) is 11.8 Å². The van der Waals surface area contributed by atoms with Crippen LogP contribution in [0.4, 0.5) is 0 Å². The highest BCUT2D eigenvalue weighted by molar-refractivity contribution is 5.80. The average molecular weight is 183 g/mol. The van der Waals surface area contributed by atoms with Gasteiger partial charge in [-0.25, -0.2) is 9.59 Å². The average Bonchev–Trinajstić information content (AvgIpc) is 2.64. The minimum Gasteiger partial charge on any atom is -0.478 e. The lowest BCUT2D eigenvalue weighted by Gasteiger charge is -2.30. The van der Waals surface area contributed by atoms with Crippen molar-refractivity contribution in [3.63, 3.8) is 0 Å². The van der Waals surface area contributed by atoms with Gasteiger partial charge in [0.15, 0.2) is 0 Å². The molecule has 2 fully saturated rings. The molecule has 0 aliphatic heterocycles. The minimum atomic E-state index is -1.25. The van der Waals surface area contributed by atoms with E-state index in [1.807, 2.05) is 0 Å². The van der Waals surface area contributed by atoms with E-state index in [0.29, 0.717) is 12.3 Å². The number of carboxylic acids is 1. The molecule has 2 bridgehead atoms. The van der Waals surface area contributed by atoms with Crippen molar-refractivity contribution in [3.8, 4) is 0 Å². The smallest absolute Gasteiger partial charge is 0.418 e. The molecule has 1 radical (unpaired) electrons. The zero-order valence-corrected chi connectivity index (χ0v) is 7.16. The molecular formula is C9H11O4. The van der Waals surface area contributed by atoms with Gasteiger partial charge in [-0.1, -0.05) is 0 Å². The van der Waals surface area contributed by atoms with Crippen molar-refractivity contribution >= 4 is 12.4 Å². The quantitative estimate of drug-likeness (QED) is 0.700. The first-order chi connectivity index (χ1) is 6.19. The number of carbonyl (C=O) groups excluding carboxylic acids is 1. The van der Waals surface area contributed by atoms with Crippen LogP contribution in [0.3, 0.4) is 0 Å². The molecule has 2 aliphatic rings. The Morgan fingerprint density at radius 3 is 2.69 bits per heavy atom. The number of hydrogen-bond donors (Lipinski definition) is 1. The molecule has 4 nitrogen and oxygen atoms in total. The van der Waals surface area contributed by atoms with Gasteiger partial charge in [0.1, 0.15) is 0 Å². The molecule has 0 spiro atoms. The van der Waals surface area contributed by atoms with Crippen LogP contribution < -0.4 is 0 Å². The maximum Gasteiger partial charge on any atom is 0.418 e. The predicted octanol–water partition coefficient (Wildman–Crippen LogP) is 0.714. The normalized spacial score (nSPS) is 41.8. The summed E-state index contributed by atoms with van der Waals surface area (Å²) in [5.41, 5.74) is -1.25. The lowest BCUT2D eigenvalue weighted by atomic mass is 9.84. The SMILES string of the molecule is O=[C]OC1(C(=O)O)CC2CCC1C2. The van der Waals surface area contributed by atoms with Gasteiger partial charge >= 0.3 is 12.4 Å². The molecule has 3 atom stereocenters. The Balaban J connectivity index is 2.24. The van der Waals surface area contributed by atoms with Crippen LogP contribution in [0.5, 0.6) is 0 Å². The Labute approximate surface area is 75.9 Å². The molecule has 0 aromatic carbocycles. The van der Waals surface area contributed by atoms with Crippen molar-refractivity contribution in [1.82, 2.24) is 0 Å². The molecule has 0 amide bonds. The Morgan fingerprint density at radius 2 is 2.31 bits per heavy atom. The molecule has 0 heterocycles. The number of fused-ring (bicyclic) bond motifs is 2. The van der Waals surface area contributed by atoms with Crippen LogP contribution >= 0.6 is 0 Å². The standard InChI is InChI=1S/C9H11O4/c10-5-13-9(8(11)12)4-6-1-2-7(9)3-6/h6-7H,1-4H2,(H,11,12). The van der Waals surface area contributed by atoms with E-state index in [1.165, 1.54) is 6.47 Å². The molecule has 13 heavy (non-hydrogen) atoms. The lowest BCUT2D eigenvalue weighted by Crippen LogP contribution is -2.46. The van der Waals surface area contributed by atoms with Gasteiger partial charge in [0, 0.05) is 12.3 Å². The Bertz CT molecular complexity index is 250. The van der Waals surface area contributed by atoms with Crippen molar-refractivity contribution in [3.05, 3.63) is 0 Å².